The number of hydrogen-bond acceptors (Lipinski definition) is 2. The van der Waals surface area contributed by atoms with Gasteiger partial charge in [-0.3, -0.25) is 0 Å². The lowest BCUT2D eigenvalue weighted by Gasteiger charge is -2.25. The van der Waals surface area contributed by atoms with E-state index in [1.54, 1.807) is 0 Å². The van der Waals surface area contributed by atoms with Gasteiger partial charge in [-0.25, -0.2) is 0 Å². The van der Waals surface area contributed by atoms with Crippen LogP contribution in [0.2, 0.25) is 0 Å². The molecular formula is C14H24N2. The molecule has 0 radical (unpaired) electrons. The molecule has 0 N–H and O–H groups in total. The molecule has 1 aromatic carbocycles. The zero-order valence-electron chi connectivity index (χ0n) is 11.2. The van der Waals surface area contributed by atoms with E-state index in [9.17, 15) is 0 Å². The second kappa shape index (κ2) is 5.90. The van der Waals surface area contributed by atoms with Crippen LogP contribution in [0.25, 0.3) is 0 Å². The first-order valence-corrected chi connectivity index (χ1v) is 6.01. The van der Waals surface area contributed by atoms with E-state index in [1.165, 1.54) is 16.8 Å². The molecule has 0 spiro atoms. The Morgan fingerprint density at radius 3 is 1.94 bits per heavy atom. The second-order valence-corrected chi connectivity index (χ2v) is 4.73. The normalized spacial score (nSPS) is 10.9. The van der Waals surface area contributed by atoms with Crippen molar-refractivity contribution < 1.29 is 0 Å². The average Bonchev–Trinajstić information content (AvgIpc) is 2.16. The molecule has 0 saturated heterocycles. The minimum absolute atomic E-state index is 1.07. The molecule has 0 atom stereocenters. The summed E-state index contributed by atoms with van der Waals surface area (Å²) in [6.07, 6.45) is 0. The van der Waals surface area contributed by atoms with Crippen molar-refractivity contribution in [2.75, 3.05) is 38.6 Å². The van der Waals surface area contributed by atoms with Crippen molar-refractivity contribution in [3.63, 3.8) is 0 Å². The van der Waals surface area contributed by atoms with E-state index < -0.39 is 0 Å². The van der Waals surface area contributed by atoms with Crippen molar-refractivity contribution in [3.8, 4) is 0 Å². The maximum Gasteiger partial charge on any atom is 0.0371 e. The van der Waals surface area contributed by atoms with Crippen molar-refractivity contribution in [2.24, 2.45) is 0 Å². The Bertz CT molecular complexity index is 311. The maximum atomic E-state index is 2.43. The lowest BCUT2D eigenvalue weighted by molar-refractivity contribution is 0.414. The molecule has 0 heterocycles. The number of hydrogen-bond donors (Lipinski definition) is 0. The Morgan fingerprint density at radius 1 is 0.938 bits per heavy atom. The van der Waals surface area contributed by atoms with Gasteiger partial charge in [0.2, 0.25) is 0 Å². The Kier molecular flexibility index (Phi) is 4.81. The van der Waals surface area contributed by atoms with Crippen LogP contribution in [-0.2, 0) is 0 Å². The van der Waals surface area contributed by atoms with Crippen molar-refractivity contribution in [3.05, 3.63) is 29.3 Å². The molecule has 90 valence electrons. The summed E-state index contributed by atoms with van der Waals surface area (Å²) in [5, 5.41) is 0. The molecule has 0 bridgehead atoms. The van der Waals surface area contributed by atoms with Crippen LogP contribution in [0.1, 0.15) is 18.1 Å². The first-order valence-electron chi connectivity index (χ1n) is 6.01. The van der Waals surface area contributed by atoms with E-state index in [-0.39, 0.29) is 0 Å². The summed E-state index contributed by atoms with van der Waals surface area (Å²) in [5.74, 6) is 0. The Labute approximate surface area is 99.9 Å². The molecule has 2 heteroatoms. The lowest BCUT2D eigenvalue weighted by atomic mass is 10.1. The number of likely N-dealkylation sites (N-methyl/N-ethyl adjacent to an activating group) is 2. The maximum absolute atomic E-state index is 2.43. The van der Waals surface area contributed by atoms with Crippen LogP contribution in [0.4, 0.5) is 5.69 Å². The van der Waals surface area contributed by atoms with Gasteiger partial charge in [-0.1, -0.05) is 6.07 Å². The predicted molar refractivity (Wildman–Crippen MR) is 72.4 cm³/mol. The lowest BCUT2D eigenvalue weighted by Crippen LogP contribution is -2.31. The molecule has 16 heavy (non-hydrogen) atoms. The highest BCUT2D eigenvalue weighted by molar-refractivity contribution is 5.50. The summed E-state index contributed by atoms with van der Waals surface area (Å²) in [5.41, 5.74) is 4.04. The Hall–Kier alpha value is -1.02. The molecule has 0 unspecified atom stereocenters. The quantitative estimate of drug-likeness (QED) is 0.753. The molecule has 0 aliphatic carbocycles. The topological polar surface area (TPSA) is 6.48 Å². The van der Waals surface area contributed by atoms with Crippen molar-refractivity contribution >= 4 is 5.69 Å². The highest BCUT2D eigenvalue weighted by Crippen LogP contribution is 2.18. The number of aryl methyl sites for hydroxylation is 2. The number of rotatable bonds is 5. The third-order valence-electron chi connectivity index (χ3n) is 2.77. The predicted octanol–water partition coefficient (Wildman–Crippen LogP) is 2.69. The van der Waals surface area contributed by atoms with Crippen LogP contribution < -0.4 is 4.90 Å². The van der Waals surface area contributed by atoms with Crippen LogP contribution in [-0.4, -0.2) is 38.6 Å². The standard InChI is InChI=1S/C14H24N2/c1-6-16(8-7-15(4)5)14-10-12(2)9-13(3)11-14/h9-11H,6-8H2,1-5H3. The first kappa shape index (κ1) is 13.0. The van der Waals surface area contributed by atoms with Gasteiger partial charge < -0.3 is 9.80 Å². The molecule has 0 fully saturated rings. The summed E-state index contributed by atoms with van der Waals surface area (Å²) in [7, 11) is 4.24. The van der Waals surface area contributed by atoms with Gasteiger partial charge >= 0.3 is 0 Å². The van der Waals surface area contributed by atoms with Crippen molar-refractivity contribution in [1.29, 1.82) is 0 Å². The van der Waals surface area contributed by atoms with Crippen LogP contribution in [0.3, 0.4) is 0 Å². The van der Waals surface area contributed by atoms with Gasteiger partial charge in [0.25, 0.3) is 0 Å². The molecule has 0 aliphatic rings. The smallest absolute Gasteiger partial charge is 0.0371 e. The summed E-state index contributed by atoms with van der Waals surface area (Å²) < 4.78 is 0. The molecule has 0 amide bonds. The molecule has 1 rings (SSSR count). The van der Waals surface area contributed by atoms with E-state index in [0.29, 0.717) is 0 Å². The van der Waals surface area contributed by atoms with Gasteiger partial charge in [0.1, 0.15) is 0 Å². The Morgan fingerprint density at radius 2 is 1.50 bits per heavy atom. The van der Waals surface area contributed by atoms with Gasteiger partial charge in [0, 0.05) is 25.3 Å². The van der Waals surface area contributed by atoms with Crippen LogP contribution in [0.15, 0.2) is 18.2 Å². The van der Waals surface area contributed by atoms with Gasteiger partial charge in [-0.15, -0.1) is 0 Å². The fourth-order valence-corrected chi connectivity index (χ4v) is 1.92. The number of benzene rings is 1. The average molecular weight is 220 g/mol. The van der Waals surface area contributed by atoms with E-state index in [4.69, 9.17) is 0 Å². The van der Waals surface area contributed by atoms with Crippen LogP contribution in [0.5, 0.6) is 0 Å². The largest absolute Gasteiger partial charge is 0.371 e. The zero-order chi connectivity index (χ0) is 12.1. The SMILES string of the molecule is CCN(CCN(C)C)c1cc(C)cc(C)c1. The van der Waals surface area contributed by atoms with E-state index in [1.807, 2.05) is 0 Å². The fraction of sp³-hybridized carbons (Fsp3) is 0.571. The van der Waals surface area contributed by atoms with E-state index >= 15 is 0 Å². The summed E-state index contributed by atoms with van der Waals surface area (Å²) in [6, 6.07) is 6.77. The van der Waals surface area contributed by atoms with Crippen LogP contribution >= 0.6 is 0 Å². The molecular weight excluding hydrogens is 196 g/mol. The Balaban J connectivity index is 2.78. The third-order valence-corrected chi connectivity index (χ3v) is 2.77. The number of anilines is 1. The van der Waals surface area contributed by atoms with Crippen LogP contribution in [0, 0.1) is 13.8 Å². The van der Waals surface area contributed by atoms with Gasteiger partial charge in [0.15, 0.2) is 0 Å². The molecule has 0 aromatic heterocycles. The van der Waals surface area contributed by atoms with E-state index in [0.717, 1.165) is 19.6 Å². The monoisotopic (exact) mass is 220 g/mol. The molecule has 1 aromatic rings. The first-order chi connectivity index (χ1) is 7.52. The summed E-state index contributed by atoms with van der Waals surface area (Å²) >= 11 is 0. The summed E-state index contributed by atoms with van der Waals surface area (Å²) in [6.45, 7) is 9.80. The highest BCUT2D eigenvalue weighted by Gasteiger charge is 2.05. The highest BCUT2D eigenvalue weighted by atomic mass is 15.2. The fourth-order valence-electron chi connectivity index (χ4n) is 1.92. The van der Waals surface area contributed by atoms with Crippen molar-refractivity contribution in [2.45, 2.75) is 20.8 Å². The second-order valence-electron chi connectivity index (χ2n) is 4.73. The van der Waals surface area contributed by atoms with Gasteiger partial charge in [0.05, 0.1) is 0 Å². The number of nitrogens with zero attached hydrogens (tertiary/aromatic N) is 2. The van der Waals surface area contributed by atoms with Crippen molar-refractivity contribution in [1.82, 2.24) is 4.90 Å². The minimum atomic E-state index is 1.07. The third kappa shape index (κ3) is 3.86. The molecule has 0 aliphatic heterocycles. The van der Waals surface area contributed by atoms with E-state index in [2.05, 4.69) is 62.9 Å². The molecule has 0 saturated carbocycles. The summed E-state index contributed by atoms with van der Waals surface area (Å²) in [4.78, 5) is 4.66. The van der Waals surface area contributed by atoms with Gasteiger partial charge in [-0.05, 0) is 58.1 Å². The molecule has 2 nitrogen and oxygen atoms in total. The minimum Gasteiger partial charge on any atom is -0.371 e. The van der Waals surface area contributed by atoms with Gasteiger partial charge in [-0.2, -0.15) is 0 Å². The zero-order valence-corrected chi connectivity index (χ0v) is 11.2.